The minimum Gasteiger partial charge on any atom is -0.392 e. The van der Waals surface area contributed by atoms with Crippen molar-refractivity contribution in [2.75, 3.05) is 38.2 Å². The number of rotatable bonds is 6. The molecule has 1 fully saturated rings. The van der Waals surface area contributed by atoms with Crippen molar-refractivity contribution in [2.45, 2.75) is 17.9 Å². The summed E-state index contributed by atoms with van der Waals surface area (Å²) in [6.07, 6.45) is -0.691. The molecule has 0 saturated carbocycles. The Balaban J connectivity index is 2.42. The molecule has 1 aliphatic heterocycles. The van der Waals surface area contributed by atoms with E-state index in [9.17, 15) is 23.6 Å². The number of nitrogens with zero attached hydrogens (tertiary/aromatic N) is 2. The quantitative estimate of drug-likeness (QED) is 0.565. The number of nitrogens with one attached hydrogen (secondary N) is 1. The van der Waals surface area contributed by atoms with Crippen LogP contribution in [-0.2, 0) is 14.8 Å². The van der Waals surface area contributed by atoms with Crippen LogP contribution >= 0.6 is 0 Å². The smallest absolute Gasteiger partial charge is 0.270 e. The van der Waals surface area contributed by atoms with Crippen LogP contribution in [0.3, 0.4) is 0 Å². The highest BCUT2D eigenvalue weighted by Crippen LogP contribution is 2.29. The van der Waals surface area contributed by atoms with Gasteiger partial charge in [-0.2, -0.15) is 4.31 Å². The monoisotopic (exact) mass is 345 g/mol. The van der Waals surface area contributed by atoms with Gasteiger partial charge < -0.3 is 15.2 Å². The Bertz CT molecular complexity index is 670. The van der Waals surface area contributed by atoms with Gasteiger partial charge in [0.1, 0.15) is 4.90 Å². The van der Waals surface area contributed by atoms with Crippen molar-refractivity contribution >= 4 is 21.4 Å². The molecule has 10 heteroatoms. The first kappa shape index (κ1) is 17.6. The fraction of sp³-hybridized carbons (Fsp3) is 0.538. The molecule has 1 saturated heterocycles. The van der Waals surface area contributed by atoms with Crippen molar-refractivity contribution in [2.24, 2.45) is 0 Å². The van der Waals surface area contributed by atoms with Gasteiger partial charge >= 0.3 is 0 Å². The van der Waals surface area contributed by atoms with Crippen LogP contribution < -0.4 is 5.32 Å². The summed E-state index contributed by atoms with van der Waals surface area (Å²) in [6.45, 7) is 2.63. The van der Waals surface area contributed by atoms with Gasteiger partial charge in [0.25, 0.3) is 5.69 Å². The van der Waals surface area contributed by atoms with Gasteiger partial charge in [0.05, 0.1) is 29.9 Å². The lowest BCUT2D eigenvalue weighted by Gasteiger charge is -2.27. The number of aliphatic hydroxyl groups excluding tert-OH is 1. The molecule has 128 valence electrons. The lowest BCUT2D eigenvalue weighted by atomic mass is 10.2. The molecule has 1 heterocycles. The van der Waals surface area contributed by atoms with E-state index in [0.29, 0.717) is 0 Å². The molecule has 0 amide bonds. The van der Waals surface area contributed by atoms with E-state index in [1.165, 1.54) is 16.4 Å². The van der Waals surface area contributed by atoms with Gasteiger partial charge in [0, 0.05) is 31.8 Å². The van der Waals surface area contributed by atoms with E-state index in [4.69, 9.17) is 4.74 Å². The van der Waals surface area contributed by atoms with Crippen LogP contribution in [0.4, 0.5) is 11.4 Å². The molecule has 0 bridgehead atoms. The lowest BCUT2D eigenvalue weighted by Crippen LogP contribution is -2.40. The van der Waals surface area contributed by atoms with Crippen LogP contribution in [0.1, 0.15) is 6.92 Å². The average molecular weight is 345 g/mol. The summed E-state index contributed by atoms with van der Waals surface area (Å²) < 4.78 is 31.9. The third kappa shape index (κ3) is 4.16. The summed E-state index contributed by atoms with van der Waals surface area (Å²) in [7, 11) is -3.89. The summed E-state index contributed by atoms with van der Waals surface area (Å²) in [5.41, 5.74) is -0.0811. The molecular formula is C13H19N3O6S. The molecule has 2 rings (SSSR count). The summed E-state index contributed by atoms with van der Waals surface area (Å²) in [6, 6.07) is 3.60. The molecule has 0 radical (unpaired) electrons. The highest BCUT2D eigenvalue weighted by molar-refractivity contribution is 7.89. The molecule has 1 aliphatic rings. The Morgan fingerprint density at radius 3 is 2.65 bits per heavy atom. The topological polar surface area (TPSA) is 122 Å². The molecule has 0 unspecified atom stereocenters. The van der Waals surface area contributed by atoms with Crippen LogP contribution in [0, 0.1) is 10.1 Å². The predicted molar refractivity (Wildman–Crippen MR) is 82.8 cm³/mol. The zero-order valence-corrected chi connectivity index (χ0v) is 13.5. The summed E-state index contributed by atoms with van der Waals surface area (Å²) in [5.74, 6) is 0. The fourth-order valence-electron chi connectivity index (χ4n) is 2.17. The van der Waals surface area contributed by atoms with Crippen molar-refractivity contribution < 1.29 is 23.2 Å². The SMILES string of the molecule is C[C@H](O)CNc1ccc([N+](=O)[O-])cc1S(=O)(=O)N1CCOCC1. The van der Waals surface area contributed by atoms with E-state index < -0.39 is 21.1 Å². The van der Waals surface area contributed by atoms with Crippen LogP contribution in [-0.4, -0.2) is 61.7 Å². The Labute approximate surface area is 134 Å². The van der Waals surface area contributed by atoms with Crippen molar-refractivity contribution in [3.63, 3.8) is 0 Å². The highest BCUT2D eigenvalue weighted by atomic mass is 32.2. The van der Waals surface area contributed by atoms with Gasteiger partial charge in [-0.3, -0.25) is 10.1 Å². The molecule has 2 N–H and O–H groups in total. The number of hydrogen-bond acceptors (Lipinski definition) is 7. The molecule has 1 aromatic rings. The first-order valence-corrected chi connectivity index (χ1v) is 8.54. The summed E-state index contributed by atoms with van der Waals surface area (Å²) in [4.78, 5) is 10.1. The second-order valence-electron chi connectivity index (χ2n) is 5.18. The van der Waals surface area contributed by atoms with E-state index in [-0.39, 0.29) is 49.1 Å². The number of ether oxygens (including phenoxy) is 1. The Kier molecular flexibility index (Phi) is 5.52. The molecule has 23 heavy (non-hydrogen) atoms. The van der Waals surface area contributed by atoms with Gasteiger partial charge in [-0.1, -0.05) is 0 Å². The van der Waals surface area contributed by atoms with Gasteiger partial charge in [-0.25, -0.2) is 8.42 Å². The number of nitro benzene ring substituents is 1. The maximum atomic E-state index is 12.8. The second-order valence-corrected chi connectivity index (χ2v) is 7.09. The zero-order valence-electron chi connectivity index (χ0n) is 12.6. The molecule has 0 aliphatic carbocycles. The van der Waals surface area contributed by atoms with E-state index in [2.05, 4.69) is 5.32 Å². The first-order valence-electron chi connectivity index (χ1n) is 7.10. The largest absolute Gasteiger partial charge is 0.392 e. The Morgan fingerprint density at radius 1 is 1.43 bits per heavy atom. The van der Waals surface area contributed by atoms with Crippen molar-refractivity contribution in [3.8, 4) is 0 Å². The predicted octanol–water partition coefficient (Wildman–Crippen LogP) is 0.408. The van der Waals surface area contributed by atoms with E-state index in [1.807, 2.05) is 0 Å². The Morgan fingerprint density at radius 2 is 2.09 bits per heavy atom. The number of sulfonamides is 1. The first-order chi connectivity index (χ1) is 10.8. The zero-order chi connectivity index (χ0) is 17.0. The summed E-state index contributed by atoms with van der Waals surface area (Å²) >= 11 is 0. The molecule has 1 atom stereocenters. The number of morpholine rings is 1. The molecule has 9 nitrogen and oxygen atoms in total. The number of aliphatic hydroxyl groups is 1. The number of hydrogen-bond donors (Lipinski definition) is 2. The second kappa shape index (κ2) is 7.21. The normalized spacial score (nSPS) is 17.7. The molecule has 1 aromatic carbocycles. The Hall–Kier alpha value is -1.75. The van der Waals surface area contributed by atoms with Crippen molar-refractivity contribution in [1.29, 1.82) is 0 Å². The van der Waals surface area contributed by atoms with Crippen molar-refractivity contribution in [1.82, 2.24) is 4.31 Å². The van der Waals surface area contributed by atoms with Gasteiger partial charge in [0.2, 0.25) is 10.0 Å². The highest BCUT2D eigenvalue weighted by Gasteiger charge is 2.30. The van der Waals surface area contributed by atoms with E-state index >= 15 is 0 Å². The maximum Gasteiger partial charge on any atom is 0.270 e. The van der Waals surface area contributed by atoms with Crippen LogP contribution in [0.5, 0.6) is 0 Å². The molecule has 0 aromatic heterocycles. The molecular weight excluding hydrogens is 326 g/mol. The standard InChI is InChI=1S/C13H19N3O6S/c1-10(17)9-14-12-3-2-11(16(18)19)8-13(12)23(20,21)15-4-6-22-7-5-15/h2-3,8,10,14,17H,4-7,9H2,1H3/t10-/m0/s1. The van der Waals surface area contributed by atoms with E-state index in [1.54, 1.807) is 6.92 Å². The van der Waals surface area contributed by atoms with Gasteiger partial charge in [-0.05, 0) is 13.0 Å². The van der Waals surface area contributed by atoms with Crippen molar-refractivity contribution in [3.05, 3.63) is 28.3 Å². The fourth-order valence-corrected chi connectivity index (χ4v) is 3.76. The van der Waals surface area contributed by atoms with Gasteiger partial charge in [0.15, 0.2) is 0 Å². The minimum atomic E-state index is -3.89. The summed E-state index contributed by atoms with van der Waals surface area (Å²) in [5, 5.41) is 23.1. The maximum absolute atomic E-state index is 12.8. The third-order valence-corrected chi connectivity index (χ3v) is 5.29. The number of non-ortho nitro benzene ring substituents is 1. The van der Waals surface area contributed by atoms with E-state index in [0.717, 1.165) is 6.07 Å². The third-order valence-electron chi connectivity index (χ3n) is 3.35. The van der Waals surface area contributed by atoms with Gasteiger partial charge in [-0.15, -0.1) is 0 Å². The average Bonchev–Trinajstić information content (AvgIpc) is 2.53. The molecule has 0 spiro atoms. The van der Waals surface area contributed by atoms with Crippen LogP contribution in [0.25, 0.3) is 0 Å². The van der Waals surface area contributed by atoms with Crippen LogP contribution in [0.2, 0.25) is 0 Å². The number of anilines is 1. The minimum absolute atomic E-state index is 0.128. The number of benzene rings is 1. The number of nitro groups is 1. The van der Waals surface area contributed by atoms with Crippen LogP contribution in [0.15, 0.2) is 23.1 Å². The lowest BCUT2D eigenvalue weighted by molar-refractivity contribution is -0.385.